The van der Waals surface area contributed by atoms with E-state index in [9.17, 15) is 0 Å². The maximum Gasteiger partial charge on any atom is 0.0611 e. The molecule has 1 saturated heterocycles. The molecule has 1 aliphatic rings. The van der Waals surface area contributed by atoms with Gasteiger partial charge in [0.05, 0.1) is 6.04 Å². The zero-order valence-electron chi connectivity index (χ0n) is 17.9. The van der Waals surface area contributed by atoms with Crippen molar-refractivity contribution in [1.82, 2.24) is 9.80 Å². The van der Waals surface area contributed by atoms with Gasteiger partial charge in [-0.2, -0.15) is 0 Å². The molecule has 0 aromatic heterocycles. The molecule has 0 saturated carbocycles. The standard InChI is InChI=1S/C27H32N2/c1-5-16-28-18-22(4)29(19-21(28)3)27(24-13-8-10-20(2)17-24)26-15-9-12-23-11-6-7-14-25(23)26/h5-15,17,21-22,27H,1,16,18-19H2,2-4H3. The predicted octanol–water partition coefficient (Wildman–Crippen LogP) is 5.82. The van der Waals surface area contributed by atoms with Crippen molar-refractivity contribution >= 4 is 10.8 Å². The molecule has 0 amide bonds. The van der Waals surface area contributed by atoms with Gasteiger partial charge in [0.25, 0.3) is 0 Å². The van der Waals surface area contributed by atoms with Crippen molar-refractivity contribution < 1.29 is 0 Å². The highest BCUT2D eigenvalue weighted by atomic mass is 15.3. The lowest BCUT2D eigenvalue weighted by molar-refractivity contribution is 0.0310. The van der Waals surface area contributed by atoms with Crippen molar-refractivity contribution in [2.24, 2.45) is 0 Å². The van der Waals surface area contributed by atoms with E-state index in [1.165, 1.54) is 27.5 Å². The van der Waals surface area contributed by atoms with Gasteiger partial charge < -0.3 is 0 Å². The van der Waals surface area contributed by atoms with Crippen molar-refractivity contribution in [2.45, 2.75) is 38.9 Å². The first-order valence-corrected chi connectivity index (χ1v) is 10.7. The maximum absolute atomic E-state index is 3.95. The zero-order chi connectivity index (χ0) is 20.4. The summed E-state index contributed by atoms with van der Waals surface area (Å²) in [6.45, 7) is 13.9. The minimum absolute atomic E-state index is 0.254. The molecule has 3 aromatic rings. The average molecular weight is 385 g/mol. The molecule has 2 nitrogen and oxygen atoms in total. The summed E-state index contributed by atoms with van der Waals surface area (Å²) in [6, 6.07) is 25.8. The molecule has 3 unspecified atom stereocenters. The third-order valence-electron chi connectivity index (χ3n) is 6.33. The van der Waals surface area contributed by atoms with Crippen LogP contribution in [0.4, 0.5) is 0 Å². The van der Waals surface area contributed by atoms with E-state index in [1.807, 2.05) is 6.08 Å². The summed E-state index contributed by atoms with van der Waals surface area (Å²) in [5.41, 5.74) is 4.11. The Labute approximate surface area is 175 Å². The second-order valence-corrected chi connectivity index (χ2v) is 8.52. The minimum atomic E-state index is 0.254. The van der Waals surface area contributed by atoms with Crippen molar-refractivity contribution in [2.75, 3.05) is 19.6 Å². The number of piperazine rings is 1. The molecule has 150 valence electrons. The molecule has 29 heavy (non-hydrogen) atoms. The topological polar surface area (TPSA) is 6.48 Å². The summed E-state index contributed by atoms with van der Waals surface area (Å²) in [5.74, 6) is 0. The lowest BCUT2D eigenvalue weighted by Crippen LogP contribution is -2.57. The molecule has 4 rings (SSSR count). The number of hydrogen-bond acceptors (Lipinski definition) is 2. The van der Waals surface area contributed by atoms with Gasteiger partial charge >= 0.3 is 0 Å². The zero-order valence-corrected chi connectivity index (χ0v) is 17.9. The Hall–Kier alpha value is -2.42. The monoisotopic (exact) mass is 384 g/mol. The summed E-state index contributed by atoms with van der Waals surface area (Å²) >= 11 is 0. The Kier molecular flexibility index (Phi) is 5.84. The Morgan fingerprint density at radius 3 is 2.52 bits per heavy atom. The lowest BCUT2D eigenvalue weighted by atomic mass is 9.89. The molecular formula is C27H32N2. The van der Waals surface area contributed by atoms with Crippen LogP contribution in [-0.2, 0) is 0 Å². The first-order chi connectivity index (χ1) is 14.1. The first kappa shape index (κ1) is 19.9. The van der Waals surface area contributed by atoms with Gasteiger partial charge in [-0.3, -0.25) is 9.80 Å². The van der Waals surface area contributed by atoms with E-state index in [0.717, 1.165) is 19.6 Å². The molecule has 0 spiro atoms. The van der Waals surface area contributed by atoms with Gasteiger partial charge in [0.1, 0.15) is 0 Å². The predicted molar refractivity (Wildman–Crippen MR) is 124 cm³/mol. The second kappa shape index (κ2) is 8.52. The van der Waals surface area contributed by atoms with Gasteiger partial charge in [-0.25, -0.2) is 0 Å². The number of fused-ring (bicyclic) bond motifs is 1. The van der Waals surface area contributed by atoms with E-state index >= 15 is 0 Å². The van der Waals surface area contributed by atoms with Crippen molar-refractivity contribution in [3.05, 3.63) is 96.1 Å². The summed E-state index contributed by atoms with van der Waals surface area (Å²) in [4.78, 5) is 5.26. The summed E-state index contributed by atoms with van der Waals surface area (Å²) < 4.78 is 0. The Morgan fingerprint density at radius 1 is 0.966 bits per heavy atom. The van der Waals surface area contributed by atoms with Crippen LogP contribution in [-0.4, -0.2) is 41.5 Å². The molecule has 0 radical (unpaired) electrons. The smallest absolute Gasteiger partial charge is 0.0611 e. The molecule has 3 aromatic carbocycles. The third kappa shape index (κ3) is 4.01. The molecule has 0 N–H and O–H groups in total. The second-order valence-electron chi connectivity index (χ2n) is 8.52. The minimum Gasteiger partial charge on any atom is -0.294 e. The van der Waals surface area contributed by atoms with Crippen molar-refractivity contribution in [3.63, 3.8) is 0 Å². The number of rotatable bonds is 5. The van der Waals surface area contributed by atoms with Crippen molar-refractivity contribution in [3.8, 4) is 0 Å². The fourth-order valence-electron chi connectivity index (χ4n) is 4.88. The first-order valence-electron chi connectivity index (χ1n) is 10.7. The van der Waals surface area contributed by atoms with E-state index in [4.69, 9.17) is 0 Å². The fraction of sp³-hybridized carbons (Fsp3) is 0.333. The van der Waals surface area contributed by atoms with Crippen LogP contribution in [0.15, 0.2) is 79.4 Å². The van der Waals surface area contributed by atoms with Gasteiger partial charge in [-0.15, -0.1) is 6.58 Å². The van der Waals surface area contributed by atoms with E-state index in [0.29, 0.717) is 12.1 Å². The van der Waals surface area contributed by atoms with Crippen molar-refractivity contribution in [1.29, 1.82) is 0 Å². The molecule has 0 aliphatic carbocycles. The quantitative estimate of drug-likeness (QED) is 0.512. The molecular weight excluding hydrogens is 352 g/mol. The third-order valence-corrected chi connectivity index (χ3v) is 6.33. The molecule has 3 atom stereocenters. The molecule has 2 heteroatoms. The Balaban J connectivity index is 1.82. The fourth-order valence-corrected chi connectivity index (χ4v) is 4.88. The van der Waals surface area contributed by atoms with E-state index in [1.54, 1.807) is 0 Å². The molecule has 0 bridgehead atoms. The lowest BCUT2D eigenvalue weighted by Gasteiger charge is -2.47. The van der Waals surface area contributed by atoms with Gasteiger partial charge in [0, 0.05) is 31.7 Å². The normalized spacial score (nSPS) is 21.9. The highest BCUT2D eigenvalue weighted by Crippen LogP contribution is 2.37. The highest BCUT2D eigenvalue weighted by molar-refractivity contribution is 5.86. The van der Waals surface area contributed by atoms with Gasteiger partial charge in [0.2, 0.25) is 0 Å². The van der Waals surface area contributed by atoms with Gasteiger partial charge in [-0.05, 0) is 42.7 Å². The van der Waals surface area contributed by atoms with E-state index in [2.05, 4.69) is 104 Å². The SMILES string of the molecule is C=CCN1CC(C)N(C(c2cccc(C)c2)c2cccc3ccccc23)CC1C. The van der Waals surface area contributed by atoms with E-state index in [-0.39, 0.29) is 6.04 Å². The highest BCUT2D eigenvalue weighted by Gasteiger charge is 2.34. The molecule has 1 fully saturated rings. The van der Waals surface area contributed by atoms with Crippen LogP contribution in [0.5, 0.6) is 0 Å². The van der Waals surface area contributed by atoms with Gasteiger partial charge in [0.15, 0.2) is 0 Å². The van der Waals surface area contributed by atoms with Gasteiger partial charge in [-0.1, -0.05) is 78.4 Å². The Bertz CT molecular complexity index is 987. The van der Waals surface area contributed by atoms with Crippen LogP contribution in [0.2, 0.25) is 0 Å². The average Bonchev–Trinajstić information content (AvgIpc) is 2.72. The number of benzene rings is 3. The van der Waals surface area contributed by atoms with Crippen LogP contribution < -0.4 is 0 Å². The largest absolute Gasteiger partial charge is 0.294 e. The number of hydrogen-bond donors (Lipinski definition) is 0. The van der Waals surface area contributed by atoms with Crippen LogP contribution in [0, 0.1) is 6.92 Å². The summed E-state index contributed by atoms with van der Waals surface area (Å²) in [6.07, 6.45) is 2.03. The summed E-state index contributed by atoms with van der Waals surface area (Å²) in [7, 11) is 0. The van der Waals surface area contributed by atoms with E-state index < -0.39 is 0 Å². The number of nitrogens with zero attached hydrogens (tertiary/aromatic N) is 2. The summed E-state index contributed by atoms with van der Waals surface area (Å²) in [5, 5.41) is 2.67. The molecule has 1 aliphatic heterocycles. The van der Waals surface area contributed by atoms with Crippen LogP contribution >= 0.6 is 0 Å². The van der Waals surface area contributed by atoms with Crippen LogP contribution in [0.3, 0.4) is 0 Å². The Morgan fingerprint density at radius 2 is 1.72 bits per heavy atom. The van der Waals surface area contributed by atoms with Crippen LogP contribution in [0.25, 0.3) is 10.8 Å². The maximum atomic E-state index is 3.95. The molecule has 1 heterocycles. The number of aryl methyl sites for hydroxylation is 1. The van der Waals surface area contributed by atoms with Crippen LogP contribution in [0.1, 0.15) is 36.6 Å².